The fourth-order valence-electron chi connectivity index (χ4n) is 2.96. The number of benzene rings is 1. The van der Waals surface area contributed by atoms with Crippen LogP contribution in [0, 0.1) is 0 Å². The lowest BCUT2D eigenvalue weighted by atomic mass is 10.0. The first-order chi connectivity index (χ1) is 12.4. The minimum Gasteiger partial charge on any atom is -0.455 e. The molecule has 2 rings (SSSR count). The first-order valence-corrected chi connectivity index (χ1v) is 8.83. The van der Waals surface area contributed by atoms with E-state index in [1.807, 2.05) is 49.4 Å². The summed E-state index contributed by atoms with van der Waals surface area (Å²) in [7, 11) is 1.67. The molecule has 0 radical (unpaired) electrons. The number of esters is 1. The number of hydrogen-bond acceptors (Lipinski definition) is 4. The molecule has 1 N–H and O–H groups in total. The number of carbonyl (C=O) groups is 3. The highest BCUT2D eigenvalue weighted by Crippen LogP contribution is 2.26. The molecule has 6 nitrogen and oxygen atoms in total. The second kappa shape index (κ2) is 9.17. The van der Waals surface area contributed by atoms with Gasteiger partial charge in [0.25, 0.3) is 0 Å². The molecule has 1 heterocycles. The van der Waals surface area contributed by atoms with Crippen molar-refractivity contribution in [3.63, 3.8) is 0 Å². The van der Waals surface area contributed by atoms with E-state index in [9.17, 15) is 14.4 Å². The van der Waals surface area contributed by atoms with E-state index in [-0.39, 0.29) is 30.2 Å². The average Bonchev–Trinajstić information content (AvgIpc) is 2.62. The number of nitrogens with zero attached hydrogens (tertiary/aromatic N) is 1. The van der Waals surface area contributed by atoms with Gasteiger partial charge in [-0.05, 0) is 25.3 Å². The van der Waals surface area contributed by atoms with E-state index >= 15 is 0 Å². The maximum atomic E-state index is 12.9. The Morgan fingerprint density at radius 1 is 1.19 bits per heavy atom. The molecule has 0 saturated carbocycles. The number of cyclic esters (lactones) is 1. The number of carbonyl (C=O) groups excluding carboxylic acids is 3. The Morgan fingerprint density at radius 2 is 1.88 bits per heavy atom. The molecule has 1 aliphatic heterocycles. The molecule has 0 bridgehead atoms. The van der Waals surface area contributed by atoms with E-state index in [0.29, 0.717) is 12.8 Å². The molecule has 1 aromatic rings. The third-order valence-electron chi connectivity index (χ3n) is 4.51. The SMILES string of the molecule is CC(=O)N[C@@H]1CC=CCCC(=O)O[C@@H](c2ccccc2)[C@H](C)N(C)C1=O. The predicted octanol–water partition coefficient (Wildman–Crippen LogP) is 2.36. The second-order valence-corrected chi connectivity index (χ2v) is 6.51. The van der Waals surface area contributed by atoms with Gasteiger partial charge in [0.2, 0.25) is 11.8 Å². The quantitative estimate of drug-likeness (QED) is 0.650. The minimum absolute atomic E-state index is 0.213. The third kappa shape index (κ3) is 5.18. The van der Waals surface area contributed by atoms with Crippen molar-refractivity contribution in [2.45, 2.75) is 51.3 Å². The Bertz CT molecular complexity index is 672. The molecular weight excluding hydrogens is 332 g/mol. The van der Waals surface area contributed by atoms with Crippen LogP contribution in [0.5, 0.6) is 0 Å². The van der Waals surface area contributed by atoms with Crippen molar-refractivity contribution >= 4 is 17.8 Å². The Labute approximate surface area is 154 Å². The summed E-state index contributed by atoms with van der Waals surface area (Å²) in [5, 5.41) is 2.71. The standard InChI is InChI=1S/C20H26N2O4/c1-14-19(16-10-6-4-7-11-16)26-18(24)13-9-5-8-12-17(21-15(2)23)20(25)22(14)3/h4-8,10-11,14,17,19H,9,12-13H2,1-3H3,(H,21,23)/t14-,17+,19+/m0/s1. The average molecular weight is 358 g/mol. The third-order valence-corrected chi connectivity index (χ3v) is 4.51. The van der Waals surface area contributed by atoms with E-state index in [1.165, 1.54) is 6.92 Å². The monoisotopic (exact) mass is 358 g/mol. The van der Waals surface area contributed by atoms with Gasteiger partial charge in [0.15, 0.2) is 0 Å². The zero-order chi connectivity index (χ0) is 19.1. The van der Waals surface area contributed by atoms with Gasteiger partial charge in [-0.1, -0.05) is 42.5 Å². The van der Waals surface area contributed by atoms with Crippen molar-refractivity contribution in [3.05, 3.63) is 48.0 Å². The lowest BCUT2D eigenvalue weighted by molar-refractivity contribution is -0.156. The van der Waals surface area contributed by atoms with Gasteiger partial charge >= 0.3 is 5.97 Å². The number of nitrogens with one attached hydrogen (secondary N) is 1. The lowest BCUT2D eigenvalue weighted by Gasteiger charge is -2.34. The van der Waals surface area contributed by atoms with Crippen LogP contribution in [0.2, 0.25) is 0 Å². The molecule has 26 heavy (non-hydrogen) atoms. The number of likely N-dealkylation sites (N-methyl/N-ethyl adjacent to an activating group) is 1. The van der Waals surface area contributed by atoms with Crippen molar-refractivity contribution in [2.24, 2.45) is 0 Å². The first-order valence-electron chi connectivity index (χ1n) is 8.83. The van der Waals surface area contributed by atoms with Gasteiger partial charge in [0.1, 0.15) is 12.1 Å². The summed E-state index contributed by atoms with van der Waals surface area (Å²) < 4.78 is 5.70. The molecule has 140 valence electrons. The van der Waals surface area contributed by atoms with Crippen LogP contribution in [0.25, 0.3) is 0 Å². The van der Waals surface area contributed by atoms with Crippen LogP contribution in [0.4, 0.5) is 0 Å². The van der Waals surface area contributed by atoms with E-state index in [2.05, 4.69) is 5.32 Å². The summed E-state index contributed by atoms with van der Waals surface area (Å²) in [4.78, 5) is 38.1. The van der Waals surface area contributed by atoms with Crippen molar-refractivity contribution in [1.29, 1.82) is 0 Å². The van der Waals surface area contributed by atoms with E-state index in [1.54, 1.807) is 11.9 Å². The Morgan fingerprint density at radius 3 is 2.54 bits per heavy atom. The van der Waals surface area contributed by atoms with Crippen LogP contribution >= 0.6 is 0 Å². The Balaban J connectivity index is 2.34. The number of ether oxygens (including phenoxy) is 1. The highest BCUT2D eigenvalue weighted by molar-refractivity contribution is 5.87. The molecule has 0 fully saturated rings. The molecule has 6 heteroatoms. The summed E-state index contributed by atoms with van der Waals surface area (Å²) in [5.41, 5.74) is 0.830. The maximum Gasteiger partial charge on any atom is 0.306 e. The fourth-order valence-corrected chi connectivity index (χ4v) is 2.96. The molecule has 2 amide bonds. The van der Waals surface area contributed by atoms with Gasteiger partial charge in [0.05, 0.1) is 6.04 Å². The number of rotatable bonds is 2. The van der Waals surface area contributed by atoms with Gasteiger partial charge in [-0.15, -0.1) is 0 Å². The van der Waals surface area contributed by atoms with Crippen LogP contribution in [0.1, 0.15) is 44.8 Å². The normalized spacial score (nSPS) is 25.0. The van der Waals surface area contributed by atoms with Crippen molar-refractivity contribution in [2.75, 3.05) is 7.05 Å². The van der Waals surface area contributed by atoms with Gasteiger partial charge < -0.3 is 15.0 Å². The van der Waals surface area contributed by atoms with Crippen molar-refractivity contribution in [3.8, 4) is 0 Å². The zero-order valence-electron chi connectivity index (χ0n) is 15.5. The predicted molar refractivity (Wildman–Crippen MR) is 98.1 cm³/mol. The molecule has 1 aromatic carbocycles. The molecule has 3 atom stereocenters. The Hall–Kier alpha value is -2.63. The van der Waals surface area contributed by atoms with Gasteiger partial charge in [0, 0.05) is 20.4 Å². The lowest BCUT2D eigenvalue weighted by Crippen LogP contribution is -2.50. The molecule has 0 unspecified atom stereocenters. The highest BCUT2D eigenvalue weighted by atomic mass is 16.5. The van der Waals surface area contributed by atoms with Crippen molar-refractivity contribution < 1.29 is 19.1 Å². The molecule has 0 aliphatic carbocycles. The minimum atomic E-state index is -0.636. The summed E-state index contributed by atoms with van der Waals surface area (Å²) in [5.74, 6) is -0.763. The topological polar surface area (TPSA) is 75.7 Å². The zero-order valence-corrected chi connectivity index (χ0v) is 15.5. The second-order valence-electron chi connectivity index (χ2n) is 6.51. The summed E-state index contributed by atoms with van der Waals surface area (Å²) >= 11 is 0. The highest BCUT2D eigenvalue weighted by Gasteiger charge is 2.32. The number of hydrogen-bond donors (Lipinski definition) is 1. The van der Waals surface area contributed by atoms with Gasteiger partial charge in [-0.25, -0.2) is 0 Å². The van der Waals surface area contributed by atoms with Gasteiger partial charge in [-0.2, -0.15) is 0 Å². The van der Waals surface area contributed by atoms with E-state index in [0.717, 1.165) is 5.56 Å². The first kappa shape index (κ1) is 19.7. The van der Waals surface area contributed by atoms with E-state index in [4.69, 9.17) is 4.74 Å². The van der Waals surface area contributed by atoms with Crippen LogP contribution in [-0.4, -0.2) is 41.8 Å². The maximum absolute atomic E-state index is 12.9. The van der Waals surface area contributed by atoms with Gasteiger partial charge in [-0.3, -0.25) is 14.4 Å². The molecular formula is C20H26N2O4. The summed E-state index contributed by atoms with van der Waals surface area (Å²) in [6.45, 7) is 3.24. The smallest absolute Gasteiger partial charge is 0.306 e. The number of allylic oxidation sites excluding steroid dienone is 1. The van der Waals surface area contributed by atoms with Crippen LogP contribution in [0.15, 0.2) is 42.5 Å². The van der Waals surface area contributed by atoms with Crippen LogP contribution in [0.3, 0.4) is 0 Å². The Kier molecular flexibility index (Phi) is 6.95. The molecule has 0 saturated heterocycles. The molecule has 0 aromatic heterocycles. The van der Waals surface area contributed by atoms with Crippen LogP contribution in [-0.2, 0) is 19.1 Å². The van der Waals surface area contributed by atoms with Crippen LogP contribution < -0.4 is 5.32 Å². The summed E-state index contributed by atoms with van der Waals surface area (Å²) in [6.07, 6.45) is 4.28. The van der Waals surface area contributed by atoms with E-state index < -0.39 is 12.1 Å². The summed E-state index contributed by atoms with van der Waals surface area (Å²) in [6, 6.07) is 8.37. The largest absolute Gasteiger partial charge is 0.455 e. The van der Waals surface area contributed by atoms with Crippen molar-refractivity contribution in [1.82, 2.24) is 10.2 Å². The molecule has 0 spiro atoms. The fraction of sp³-hybridized carbons (Fsp3) is 0.450. The number of amides is 2. The molecule has 1 aliphatic rings.